The van der Waals surface area contributed by atoms with Gasteiger partial charge in [0.05, 0.1) is 0 Å². The summed E-state index contributed by atoms with van der Waals surface area (Å²) < 4.78 is 5.76. The predicted molar refractivity (Wildman–Crippen MR) is 118 cm³/mol. The topological polar surface area (TPSA) is 98.0 Å². The zero-order chi connectivity index (χ0) is 21.6. The molecule has 0 fully saturated rings. The Bertz CT molecular complexity index is 1200. The van der Waals surface area contributed by atoms with Crippen LogP contribution in [0.15, 0.2) is 88.8 Å². The van der Waals surface area contributed by atoms with Crippen LogP contribution < -0.4 is 5.32 Å². The van der Waals surface area contributed by atoms with Crippen molar-refractivity contribution in [2.75, 3.05) is 5.32 Å². The molecule has 2 aromatic heterocycles. The number of nitrogens with one attached hydrogen (secondary N) is 1. The maximum atomic E-state index is 13.2. The fourth-order valence-electron chi connectivity index (χ4n) is 2.89. The molecule has 154 valence electrons. The van der Waals surface area contributed by atoms with E-state index < -0.39 is 5.25 Å². The highest BCUT2D eigenvalue weighted by atomic mass is 32.2. The van der Waals surface area contributed by atoms with Gasteiger partial charge < -0.3 is 9.73 Å². The smallest absolute Gasteiger partial charge is 0.277 e. The van der Waals surface area contributed by atoms with Gasteiger partial charge in [0.2, 0.25) is 11.8 Å². The summed E-state index contributed by atoms with van der Waals surface area (Å²) >= 11 is 1.16. The molecule has 0 saturated heterocycles. The Kier molecular flexibility index (Phi) is 6.18. The van der Waals surface area contributed by atoms with Crippen molar-refractivity contribution in [2.24, 2.45) is 0 Å². The number of aromatic nitrogens is 3. The van der Waals surface area contributed by atoms with Gasteiger partial charge in [-0.15, -0.1) is 10.2 Å². The van der Waals surface area contributed by atoms with E-state index in [4.69, 9.17) is 4.42 Å². The van der Waals surface area contributed by atoms with Crippen LogP contribution in [-0.2, 0) is 4.79 Å². The standard InChI is InChI=1S/C23H18N4O3S/c1-15(28)18-8-5-9-19(14-18)25-21(29)20(16-6-3-2-4-7-16)31-23-27-26-22(30-23)17-10-12-24-13-11-17/h2-14,20H,1H3,(H,25,29). The van der Waals surface area contributed by atoms with Crippen molar-refractivity contribution >= 4 is 29.1 Å². The number of hydrogen-bond acceptors (Lipinski definition) is 7. The summed E-state index contributed by atoms with van der Waals surface area (Å²) in [7, 11) is 0. The number of benzene rings is 2. The third kappa shape index (κ3) is 5.04. The molecule has 0 aliphatic carbocycles. The summed E-state index contributed by atoms with van der Waals surface area (Å²) in [6.45, 7) is 1.49. The quantitative estimate of drug-likeness (QED) is 0.332. The lowest BCUT2D eigenvalue weighted by molar-refractivity contribution is -0.115. The van der Waals surface area contributed by atoms with Gasteiger partial charge in [-0.25, -0.2) is 0 Å². The highest BCUT2D eigenvalue weighted by Gasteiger charge is 2.25. The molecule has 8 heteroatoms. The number of amides is 1. The first-order chi connectivity index (χ1) is 15.1. The van der Waals surface area contributed by atoms with E-state index in [2.05, 4.69) is 20.5 Å². The van der Waals surface area contributed by atoms with Crippen molar-refractivity contribution in [3.05, 3.63) is 90.3 Å². The van der Waals surface area contributed by atoms with E-state index in [1.807, 2.05) is 30.3 Å². The molecule has 1 amide bonds. The van der Waals surface area contributed by atoms with E-state index in [1.54, 1.807) is 48.8 Å². The monoisotopic (exact) mass is 430 g/mol. The van der Waals surface area contributed by atoms with Crippen LogP contribution in [0, 0.1) is 0 Å². The van der Waals surface area contributed by atoms with Gasteiger partial charge in [-0.3, -0.25) is 14.6 Å². The number of hydrogen-bond donors (Lipinski definition) is 1. The molecule has 1 N–H and O–H groups in total. The van der Waals surface area contributed by atoms with E-state index in [9.17, 15) is 9.59 Å². The Balaban J connectivity index is 1.58. The van der Waals surface area contributed by atoms with Crippen molar-refractivity contribution in [2.45, 2.75) is 17.4 Å². The third-order valence-corrected chi connectivity index (χ3v) is 5.52. The van der Waals surface area contributed by atoms with E-state index in [0.29, 0.717) is 17.1 Å². The molecule has 1 unspecified atom stereocenters. The van der Waals surface area contributed by atoms with Gasteiger partial charge in [0.1, 0.15) is 5.25 Å². The lowest BCUT2D eigenvalue weighted by Gasteiger charge is -2.15. The molecule has 4 rings (SSSR count). The summed E-state index contributed by atoms with van der Waals surface area (Å²) in [5.41, 5.74) is 2.61. The molecule has 7 nitrogen and oxygen atoms in total. The minimum absolute atomic E-state index is 0.0698. The first-order valence-electron chi connectivity index (χ1n) is 9.47. The first-order valence-corrected chi connectivity index (χ1v) is 10.4. The van der Waals surface area contributed by atoms with Crippen molar-refractivity contribution in [1.29, 1.82) is 0 Å². The molecule has 4 aromatic rings. The number of pyridine rings is 1. The molecule has 0 aliphatic heterocycles. The van der Waals surface area contributed by atoms with Gasteiger partial charge in [-0.2, -0.15) is 0 Å². The average molecular weight is 430 g/mol. The van der Waals surface area contributed by atoms with Crippen LogP contribution in [0.4, 0.5) is 5.69 Å². The van der Waals surface area contributed by atoms with Gasteiger partial charge >= 0.3 is 0 Å². The molecular weight excluding hydrogens is 412 g/mol. The van der Waals surface area contributed by atoms with Crippen LogP contribution in [0.3, 0.4) is 0 Å². The number of Topliss-reactive ketones (excluding diaryl/α,β-unsaturated/α-hetero) is 1. The summed E-state index contributed by atoms with van der Waals surface area (Å²) in [6, 6.07) is 19.7. The van der Waals surface area contributed by atoms with Gasteiger partial charge in [-0.1, -0.05) is 42.5 Å². The van der Waals surface area contributed by atoms with Crippen LogP contribution in [0.1, 0.15) is 28.1 Å². The molecule has 2 heterocycles. The van der Waals surface area contributed by atoms with Gasteiger partial charge in [0, 0.05) is 29.2 Å². The Labute approximate surface area is 182 Å². The Morgan fingerprint density at radius 3 is 2.48 bits per heavy atom. The van der Waals surface area contributed by atoms with Crippen LogP contribution >= 0.6 is 11.8 Å². The second-order valence-electron chi connectivity index (χ2n) is 6.64. The number of carbonyl (C=O) groups excluding carboxylic acids is 2. The number of rotatable bonds is 7. The van der Waals surface area contributed by atoms with Gasteiger partial charge in [-0.05, 0) is 48.5 Å². The number of carbonyl (C=O) groups is 2. The fourth-order valence-corrected chi connectivity index (χ4v) is 3.77. The molecule has 2 aromatic carbocycles. The SMILES string of the molecule is CC(=O)c1cccc(NC(=O)C(Sc2nnc(-c3ccncc3)o2)c2ccccc2)c1. The highest BCUT2D eigenvalue weighted by molar-refractivity contribution is 8.00. The maximum absolute atomic E-state index is 13.2. The second kappa shape index (κ2) is 9.36. The van der Waals surface area contributed by atoms with Gasteiger partial charge in [0.25, 0.3) is 5.22 Å². The zero-order valence-electron chi connectivity index (χ0n) is 16.6. The number of ketones is 1. The molecule has 1 atom stereocenters. The Morgan fingerprint density at radius 1 is 0.968 bits per heavy atom. The summed E-state index contributed by atoms with van der Waals surface area (Å²) in [6.07, 6.45) is 3.28. The molecule has 31 heavy (non-hydrogen) atoms. The van der Waals surface area contributed by atoms with Crippen molar-refractivity contribution in [1.82, 2.24) is 15.2 Å². The number of anilines is 1. The second-order valence-corrected chi connectivity index (χ2v) is 7.70. The first kappa shape index (κ1) is 20.5. The van der Waals surface area contributed by atoms with E-state index in [-0.39, 0.29) is 16.9 Å². The Hall–Kier alpha value is -3.78. The molecular formula is C23H18N4O3S. The van der Waals surface area contributed by atoms with Crippen molar-refractivity contribution < 1.29 is 14.0 Å². The van der Waals surface area contributed by atoms with E-state index >= 15 is 0 Å². The van der Waals surface area contributed by atoms with Crippen LogP contribution in [-0.4, -0.2) is 26.9 Å². The maximum Gasteiger partial charge on any atom is 0.277 e. The minimum atomic E-state index is -0.632. The fraction of sp³-hybridized carbons (Fsp3) is 0.0870. The lowest BCUT2D eigenvalue weighted by Crippen LogP contribution is -2.19. The van der Waals surface area contributed by atoms with Crippen molar-refractivity contribution in [3.63, 3.8) is 0 Å². The number of thioether (sulfide) groups is 1. The average Bonchev–Trinajstić information content (AvgIpc) is 3.27. The molecule has 0 spiro atoms. The predicted octanol–water partition coefficient (Wildman–Crippen LogP) is 4.81. The van der Waals surface area contributed by atoms with Crippen LogP contribution in [0.5, 0.6) is 0 Å². The Morgan fingerprint density at radius 2 is 1.74 bits per heavy atom. The van der Waals surface area contributed by atoms with Crippen LogP contribution in [0.25, 0.3) is 11.5 Å². The largest absolute Gasteiger partial charge is 0.411 e. The summed E-state index contributed by atoms with van der Waals surface area (Å²) in [5.74, 6) is 0.0198. The van der Waals surface area contributed by atoms with Crippen LogP contribution in [0.2, 0.25) is 0 Å². The normalized spacial score (nSPS) is 11.6. The zero-order valence-corrected chi connectivity index (χ0v) is 17.4. The minimum Gasteiger partial charge on any atom is -0.411 e. The lowest BCUT2D eigenvalue weighted by atomic mass is 10.1. The summed E-state index contributed by atoms with van der Waals surface area (Å²) in [4.78, 5) is 28.8. The van der Waals surface area contributed by atoms with Crippen molar-refractivity contribution in [3.8, 4) is 11.5 Å². The molecule has 0 saturated carbocycles. The molecule has 0 bridgehead atoms. The van der Waals surface area contributed by atoms with Gasteiger partial charge in [0.15, 0.2) is 5.78 Å². The van der Waals surface area contributed by atoms with E-state index in [1.165, 1.54) is 6.92 Å². The third-order valence-electron chi connectivity index (χ3n) is 4.43. The molecule has 0 aliphatic rings. The summed E-state index contributed by atoms with van der Waals surface area (Å²) in [5, 5.41) is 10.7. The molecule has 0 radical (unpaired) electrons. The highest BCUT2D eigenvalue weighted by Crippen LogP contribution is 2.36. The van der Waals surface area contributed by atoms with E-state index in [0.717, 1.165) is 22.9 Å². The number of nitrogens with zero attached hydrogens (tertiary/aromatic N) is 3.